The highest BCUT2D eigenvalue weighted by Gasteiger charge is 2.14. The molecule has 0 aromatic heterocycles. The van der Waals surface area contributed by atoms with E-state index in [1.165, 1.54) is 12.1 Å². The zero-order valence-electron chi connectivity index (χ0n) is 14.3. The Balaban J connectivity index is 1.70. The van der Waals surface area contributed by atoms with Crippen LogP contribution in [-0.2, 0) is 10.0 Å². The highest BCUT2D eigenvalue weighted by Crippen LogP contribution is 2.24. The van der Waals surface area contributed by atoms with Crippen molar-refractivity contribution in [1.82, 2.24) is 0 Å². The lowest BCUT2D eigenvalue weighted by Gasteiger charge is -2.10. The summed E-state index contributed by atoms with van der Waals surface area (Å²) in [4.78, 5) is 0.159. The van der Waals surface area contributed by atoms with E-state index in [0.29, 0.717) is 29.5 Å². The molecule has 0 heterocycles. The van der Waals surface area contributed by atoms with Crippen LogP contribution in [-0.4, -0.2) is 15.0 Å². The molecule has 0 radical (unpaired) electrons. The van der Waals surface area contributed by atoms with Gasteiger partial charge in [0.1, 0.15) is 17.2 Å². The molecule has 0 aliphatic rings. The van der Waals surface area contributed by atoms with Crippen LogP contribution in [0.2, 0.25) is 0 Å². The summed E-state index contributed by atoms with van der Waals surface area (Å²) in [5, 5.41) is 0. The van der Waals surface area contributed by atoms with Crippen molar-refractivity contribution in [1.29, 1.82) is 0 Å². The van der Waals surface area contributed by atoms with Crippen LogP contribution in [0.3, 0.4) is 0 Å². The quantitative estimate of drug-likeness (QED) is 0.657. The van der Waals surface area contributed by atoms with E-state index in [2.05, 4.69) is 4.72 Å². The summed E-state index contributed by atoms with van der Waals surface area (Å²) in [5.41, 5.74) is 0.470. The molecule has 0 fully saturated rings. The molecule has 3 rings (SSSR count). The third-order valence-corrected chi connectivity index (χ3v) is 4.93. The van der Waals surface area contributed by atoms with Crippen molar-refractivity contribution in [2.45, 2.75) is 11.8 Å². The van der Waals surface area contributed by atoms with Gasteiger partial charge in [-0.15, -0.1) is 0 Å². The fourth-order valence-corrected chi connectivity index (χ4v) is 3.37. The van der Waals surface area contributed by atoms with Gasteiger partial charge in [0.2, 0.25) is 0 Å². The third-order valence-electron chi connectivity index (χ3n) is 3.53. The molecule has 0 saturated carbocycles. The zero-order chi connectivity index (χ0) is 18.4. The molecule has 0 bridgehead atoms. The Hall–Kier alpha value is -2.99. The molecule has 3 aromatic rings. The van der Waals surface area contributed by atoms with Crippen molar-refractivity contribution in [2.75, 3.05) is 11.3 Å². The Labute approximate surface area is 153 Å². The molecule has 26 heavy (non-hydrogen) atoms. The second-order valence-corrected chi connectivity index (χ2v) is 7.13. The summed E-state index contributed by atoms with van der Waals surface area (Å²) in [6.45, 7) is 2.45. The summed E-state index contributed by atoms with van der Waals surface area (Å²) >= 11 is 0. The third kappa shape index (κ3) is 4.55. The minimum absolute atomic E-state index is 0.159. The summed E-state index contributed by atoms with van der Waals surface area (Å²) in [5.74, 6) is 1.95. The van der Waals surface area contributed by atoms with E-state index in [0.717, 1.165) is 0 Å². The Bertz CT molecular complexity index is 937. The number of para-hydroxylation sites is 1. The standard InChI is InChI=1S/C20H19NO4S/c1-2-24-17-10-8-16(9-11-17)21-26(22,23)20-14-12-19(13-15-20)25-18-6-4-3-5-7-18/h3-15,21H,2H2,1H3. The van der Waals surface area contributed by atoms with Crippen LogP contribution in [0.5, 0.6) is 17.2 Å². The Morgan fingerprint density at radius 1 is 0.769 bits per heavy atom. The van der Waals surface area contributed by atoms with Crippen molar-refractivity contribution in [3.8, 4) is 17.2 Å². The van der Waals surface area contributed by atoms with Gasteiger partial charge in [0.05, 0.1) is 11.5 Å². The van der Waals surface area contributed by atoms with Gasteiger partial charge < -0.3 is 9.47 Å². The topological polar surface area (TPSA) is 64.6 Å². The van der Waals surface area contributed by atoms with Gasteiger partial charge in [0.15, 0.2) is 0 Å². The first-order valence-electron chi connectivity index (χ1n) is 8.15. The summed E-state index contributed by atoms with van der Waals surface area (Å²) in [6.07, 6.45) is 0. The average Bonchev–Trinajstić information content (AvgIpc) is 2.65. The predicted octanol–water partition coefficient (Wildman–Crippen LogP) is 4.68. The normalized spacial score (nSPS) is 11.0. The number of nitrogens with one attached hydrogen (secondary N) is 1. The number of rotatable bonds is 7. The molecule has 0 amide bonds. The van der Waals surface area contributed by atoms with Gasteiger partial charge >= 0.3 is 0 Å². The van der Waals surface area contributed by atoms with Crippen molar-refractivity contribution in [3.63, 3.8) is 0 Å². The average molecular weight is 369 g/mol. The Morgan fingerprint density at radius 2 is 1.35 bits per heavy atom. The molecule has 6 heteroatoms. The van der Waals surface area contributed by atoms with Crippen LogP contribution in [0.1, 0.15) is 6.92 Å². The van der Waals surface area contributed by atoms with E-state index in [4.69, 9.17) is 9.47 Å². The molecule has 0 aliphatic carbocycles. The van der Waals surface area contributed by atoms with Crippen molar-refractivity contribution in [2.24, 2.45) is 0 Å². The van der Waals surface area contributed by atoms with E-state index in [1.54, 1.807) is 36.4 Å². The molecular weight excluding hydrogens is 350 g/mol. The molecule has 0 aliphatic heterocycles. The zero-order valence-corrected chi connectivity index (χ0v) is 15.1. The summed E-state index contributed by atoms with van der Waals surface area (Å²) < 4.78 is 38.6. The molecule has 5 nitrogen and oxygen atoms in total. The van der Waals surface area contributed by atoms with Crippen LogP contribution in [0.4, 0.5) is 5.69 Å². The second-order valence-electron chi connectivity index (χ2n) is 5.45. The van der Waals surface area contributed by atoms with E-state index >= 15 is 0 Å². The van der Waals surface area contributed by atoms with E-state index in [-0.39, 0.29) is 4.90 Å². The fraction of sp³-hybridized carbons (Fsp3) is 0.100. The van der Waals surface area contributed by atoms with E-state index in [1.807, 2.05) is 37.3 Å². The van der Waals surface area contributed by atoms with Gasteiger partial charge in [-0.3, -0.25) is 4.72 Å². The lowest BCUT2D eigenvalue weighted by atomic mass is 10.3. The first-order valence-corrected chi connectivity index (χ1v) is 9.64. The number of hydrogen-bond donors (Lipinski definition) is 1. The molecule has 0 unspecified atom stereocenters. The van der Waals surface area contributed by atoms with Gasteiger partial charge in [-0.2, -0.15) is 0 Å². The number of benzene rings is 3. The maximum atomic E-state index is 12.5. The van der Waals surface area contributed by atoms with Crippen LogP contribution >= 0.6 is 0 Å². The number of hydrogen-bond acceptors (Lipinski definition) is 4. The minimum atomic E-state index is -3.67. The van der Waals surface area contributed by atoms with Gasteiger partial charge in [-0.05, 0) is 67.6 Å². The van der Waals surface area contributed by atoms with Gasteiger partial charge in [-0.1, -0.05) is 18.2 Å². The largest absolute Gasteiger partial charge is 0.494 e. The fourth-order valence-electron chi connectivity index (χ4n) is 2.31. The monoisotopic (exact) mass is 369 g/mol. The summed E-state index contributed by atoms with van der Waals surface area (Å²) in [7, 11) is -3.67. The molecule has 0 atom stereocenters. The first-order chi connectivity index (χ1) is 12.6. The van der Waals surface area contributed by atoms with Crippen LogP contribution in [0, 0.1) is 0 Å². The molecule has 1 N–H and O–H groups in total. The number of sulfonamides is 1. The molecular formula is C20H19NO4S. The van der Waals surface area contributed by atoms with Crippen molar-refractivity contribution >= 4 is 15.7 Å². The van der Waals surface area contributed by atoms with Gasteiger partial charge in [0, 0.05) is 5.69 Å². The van der Waals surface area contributed by atoms with E-state index in [9.17, 15) is 8.42 Å². The van der Waals surface area contributed by atoms with Crippen LogP contribution in [0.15, 0.2) is 83.8 Å². The van der Waals surface area contributed by atoms with Crippen molar-refractivity contribution < 1.29 is 17.9 Å². The minimum Gasteiger partial charge on any atom is -0.494 e. The van der Waals surface area contributed by atoms with Gasteiger partial charge in [-0.25, -0.2) is 8.42 Å². The second kappa shape index (κ2) is 7.93. The molecule has 3 aromatic carbocycles. The molecule has 0 spiro atoms. The number of anilines is 1. The van der Waals surface area contributed by atoms with Crippen LogP contribution in [0.25, 0.3) is 0 Å². The number of ether oxygens (including phenoxy) is 2. The summed E-state index contributed by atoms with van der Waals surface area (Å²) in [6, 6.07) is 22.3. The lowest BCUT2D eigenvalue weighted by molar-refractivity contribution is 0.340. The van der Waals surface area contributed by atoms with Gasteiger partial charge in [0.25, 0.3) is 10.0 Å². The van der Waals surface area contributed by atoms with E-state index < -0.39 is 10.0 Å². The predicted molar refractivity (Wildman–Crippen MR) is 101 cm³/mol. The molecule has 134 valence electrons. The maximum Gasteiger partial charge on any atom is 0.261 e. The highest BCUT2D eigenvalue weighted by molar-refractivity contribution is 7.92. The molecule has 0 saturated heterocycles. The van der Waals surface area contributed by atoms with Crippen molar-refractivity contribution in [3.05, 3.63) is 78.9 Å². The highest BCUT2D eigenvalue weighted by atomic mass is 32.2. The SMILES string of the molecule is CCOc1ccc(NS(=O)(=O)c2ccc(Oc3ccccc3)cc2)cc1. The lowest BCUT2D eigenvalue weighted by Crippen LogP contribution is -2.12. The smallest absolute Gasteiger partial charge is 0.261 e. The first kappa shape index (κ1) is 17.8. The maximum absolute atomic E-state index is 12.5. The van der Waals surface area contributed by atoms with Crippen LogP contribution < -0.4 is 14.2 Å². The Kier molecular flexibility index (Phi) is 5.43. The Morgan fingerprint density at radius 3 is 1.96 bits per heavy atom.